The van der Waals surface area contributed by atoms with Gasteiger partial charge in [0.1, 0.15) is 12.1 Å². The Kier molecular flexibility index (Phi) is 6.22. The van der Waals surface area contributed by atoms with Crippen LogP contribution in [0.3, 0.4) is 0 Å². The predicted octanol–water partition coefficient (Wildman–Crippen LogP) is 5.74. The summed E-state index contributed by atoms with van der Waals surface area (Å²) in [6.07, 6.45) is 2.32. The zero-order valence-electron chi connectivity index (χ0n) is 16.4. The molecular formula is C24H26N4. The summed E-state index contributed by atoms with van der Waals surface area (Å²) >= 11 is 0. The van der Waals surface area contributed by atoms with E-state index in [0.717, 1.165) is 35.0 Å². The third kappa shape index (κ3) is 5.30. The van der Waals surface area contributed by atoms with Gasteiger partial charge in [-0.05, 0) is 30.2 Å². The van der Waals surface area contributed by atoms with Crippen molar-refractivity contribution >= 4 is 11.5 Å². The van der Waals surface area contributed by atoms with Gasteiger partial charge in [-0.25, -0.2) is 9.97 Å². The number of benzene rings is 2. The predicted molar refractivity (Wildman–Crippen MR) is 117 cm³/mol. The van der Waals surface area contributed by atoms with Crippen LogP contribution >= 0.6 is 0 Å². The maximum Gasteiger partial charge on any atom is 0.133 e. The number of allylic oxidation sites excluding steroid dienone is 2. The van der Waals surface area contributed by atoms with Crippen molar-refractivity contribution in [3.05, 3.63) is 108 Å². The Morgan fingerprint density at radius 2 is 1.68 bits per heavy atom. The van der Waals surface area contributed by atoms with Crippen LogP contribution in [-0.2, 0) is 6.42 Å². The number of anilines is 2. The molecule has 3 rings (SSSR count). The van der Waals surface area contributed by atoms with Gasteiger partial charge in [0.25, 0.3) is 0 Å². The van der Waals surface area contributed by atoms with Gasteiger partial charge in [0.15, 0.2) is 0 Å². The zero-order valence-corrected chi connectivity index (χ0v) is 16.4. The number of hydrogen-bond donors (Lipinski definition) is 2. The molecule has 2 aromatic carbocycles. The van der Waals surface area contributed by atoms with Crippen LogP contribution in [0.1, 0.15) is 36.6 Å². The Labute approximate surface area is 167 Å². The van der Waals surface area contributed by atoms with E-state index in [1.807, 2.05) is 19.1 Å². The number of rotatable bonds is 8. The Morgan fingerprint density at radius 1 is 0.964 bits per heavy atom. The first-order valence-corrected chi connectivity index (χ1v) is 9.34. The molecule has 1 aromatic heterocycles. The van der Waals surface area contributed by atoms with Crippen LogP contribution < -0.4 is 10.6 Å². The van der Waals surface area contributed by atoms with Crippen LogP contribution in [0.25, 0.3) is 0 Å². The van der Waals surface area contributed by atoms with Crippen molar-refractivity contribution in [3.8, 4) is 0 Å². The first kappa shape index (κ1) is 19.4. The summed E-state index contributed by atoms with van der Waals surface area (Å²) in [5, 5.41) is 6.54. The topological polar surface area (TPSA) is 49.8 Å². The van der Waals surface area contributed by atoms with E-state index in [1.165, 1.54) is 11.1 Å². The standard InChI is InChI=1S/C24H26N4/c1-17(2)27-24-15-23(25-16-26-24)14-20-10-12-22(13-11-20)28-19(4)18(3)21-8-6-5-7-9-21/h5-13,15-16,18,28H,1,4,14H2,2-3H3,(H,25,26,27)/t18-/m0/s1. The quantitative estimate of drug-likeness (QED) is 0.531. The Balaban J connectivity index is 1.62. The van der Waals surface area contributed by atoms with Crippen LogP contribution in [0, 0.1) is 0 Å². The van der Waals surface area contributed by atoms with Crippen molar-refractivity contribution in [2.24, 2.45) is 0 Å². The van der Waals surface area contributed by atoms with Gasteiger partial charge in [-0.3, -0.25) is 0 Å². The first-order chi connectivity index (χ1) is 13.5. The van der Waals surface area contributed by atoms with Gasteiger partial charge in [-0.1, -0.05) is 62.5 Å². The Morgan fingerprint density at radius 3 is 2.36 bits per heavy atom. The minimum Gasteiger partial charge on any atom is -0.359 e. The van der Waals surface area contributed by atoms with Crippen LogP contribution in [0.5, 0.6) is 0 Å². The van der Waals surface area contributed by atoms with Crippen molar-refractivity contribution in [2.45, 2.75) is 26.2 Å². The first-order valence-electron chi connectivity index (χ1n) is 9.34. The average Bonchev–Trinajstić information content (AvgIpc) is 2.69. The fraction of sp³-hybridized carbons (Fsp3) is 0.167. The number of nitrogens with zero attached hydrogens (tertiary/aromatic N) is 2. The molecule has 0 aliphatic rings. The monoisotopic (exact) mass is 370 g/mol. The fourth-order valence-corrected chi connectivity index (χ4v) is 2.93. The Bertz CT molecular complexity index is 946. The van der Waals surface area contributed by atoms with Crippen LogP contribution in [0.4, 0.5) is 11.5 Å². The highest BCUT2D eigenvalue weighted by molar-refractivity contribution is 5.51. The highest BCUT2D eigenvalue weighted by atomic mass is 15.0. The normalized spacial score (nSPS) is 11.5. The average molecular weight is 370 g/mol. The van der Waals surface area contributed by atoms with Crippen LogP contribution in [-0.4, -0.2) is 9.97 Å². The molecule has 4 nitrogen and oxygen atoms in total. The van der Waals surface area contributed by atoms with Crippen molar-refractivity contribution in [2.75, 3.05) is 10.6 Å². The summed E-state index contributed by atoms with van der Waals surface area (Å²) in [4.78, 5) is 8.57. The lowest BCUT2D eigenvalue weighted by Gasteiger charge is -2.17. The largest absolute Gasteiger partial charge is 0.359 e. The molecule has 1 heterocycles. The summed E-state index contributed by atoms with van der Waals surface area (Å²) in [6, 6.07) is 20.7. The summed E-state index contributed by atoms with van der Waals surface area (Å²) in [7, 11) is 0. The van der Waals surface area contributed by atoms with E-state index >= 15 is 0 Å². The Hall–Kier alpha value is -3.40. The molecule has 28 heavy (non-hydrogen) atoms. The molecule has 0 radical (unpaired) electrons. The maximum absolute atomic E-state index is 4.36. The molecule has 0 saturated heterocycles. The second kappa shape index (κ2) is 9.00. The second-order valence-electron chi connectivity index (χ2n) is 6.96. The van der Waals surface area contributed by atoms with Gasteiger partial charge in [0.2, 0.25) is 0 Å². The molecule has 0 aliphatic carbocycles. The molecule has 1 atom stereocenters. The van der Waals surface area contributed by atoms with E-state index in [1.54, 1.807) is 6.33 Å². The molecule has 0 aliphatic heterocycles. The van der Waals surface area contributed by atoms with Crippen LogP contribution in [0.15, 0.2) is 91.5 Å². The van der Waals surface area contributed by atoms with E-state index < -0.39 is 0 Å². The summed E-state index contributed by atoms with van der Waals surface area (Å²) in [6.45, 7) is 12.1. The molecule has 0 bridgehead atoms. The van der Waals surface area contributed by atoms with Crippen LogP contribution in [0.2, 0.25) is 0 Å². The SMILES string of the molecule is C=C(C)Nc1cc(Cc2ccc(NC(=C)[C@H](C)c3ccccc3)cc2)ncn1. The molecule has 0 fully saturated rings. The molecule has 0 spiro atoms. The van der Waals surface area contributed by atoms with E-state index in [0.29, 0.717) is 0 Å². The summed E-state index contributed by atoms with van der Waals surface area (Å²) in [5.41, 5.74) is 6.26. The lowest BCUT2D eigenvalue weighted by Crippen LogP contribution is -2.06. The molecule has 3 aromatic rings. The van der Waals surface area contributed by atoms with E-state index in [-0.39, 0.29) is 5.92 Å². The number of aromatic nitrogens is 2. The van der Waals surface area contributed by atoms with Crippen molar-refractivity contribution in [1.82, 2.24) is 9.97 Å². The molecule has 0 saturated carbocycles. The van der Waals surface area contributed by atoms with E-state index in [9.17, 15) is 0 Å². The molecule has 0 amide bonds. The maximum atomic E-state index is 4.36. The highest BCUT2D eigenvalue weighted by Crippen LogP contribution is 2.24. The van der Waals surface area contributed by atoms with Crippen molar-refractivity contribution in [1.29, 1.82) is 0 Å². The zero-order chi connectivity index (χ0) is 19.9. The smallest absolute Gasteiger partial charge is 0.133 e. The summed E-state index contributed by atoms with van der Waals surface area (Å²) in [5.74, 6) is 1.00. The minimum absolute atomic E-state index is 0.237. The van der Waals surface area contributed by atoms with Gasteiger partial charge in [0, 0.05) is 35.5 Å². The summed E-state index contributed by atoms with van der Waals surface area (Å²) < 4.78 is 0. The van der Waals surface area contributed by atoms with Crippen molar-refractivity contribution in [3.63, 3.8) is 0 Å². The van der Waals surface area contributed by atoms with E-state index in [4.69, 9.17) is 0 Å². The molecular weight excluding hydrogens is 344 g/mol. The van der Waals surface area contributed by atoms with Gasteiger partial charge < -0.3 is 10.6 Å². The van der Waals surface area contributed by atoms with Gasteiger partial charge in [-0.2, -0.15) is 0 Å². The van der Waals surface area contributed by atoms with Crippen molar-refractivity contribution < 1.29 is 0 Å². The lowest BCUT2D eigenvalue weighted by molar-refractivity contribution is 0.904. The lowest BCUT2D eigenvalue weighted by atomic mass is 9.98. The number of hydrogen-bond acceptors (Lipinski definition) is 4. The molecule has 142 valence electrons. The fourth-order valence-electron chi connectivity index (χ4n) is 2.93. The molecule has 4 heteroatoms. The second-order valence-corrected chi connectivity index (χ2v) is 6.96. The van der Waals surface area contributed by atoms with E-state index in [2.05, 4.69) is 89.2 Å². The van der Waals surface area contributed by atoms with Gasteiger partial charge >= 0.3 is 0 Å². The molecule has 0 unspecified atom stereocenters. The highest BCUT2D eigenvalue weighted by Gasteiger charge is 2.09. The third-order valence-corrected chi connectivity index (χ3v) is 4.53. The third-order valence-electron chi connectivity index (χ3n) is 4.53. The molecule has 2 N–H and O–H groups in total. The number of nitrogens with one attached hydrogen (secondary N) is 2. The minimum atomic E-state index is 0.237. The van der Waals surface area contributed by atoms with Gasteiger partial charge in [-0.15, -0.1) is 0 Å². The van der Waals surface area contributed by atoms with Gasteiger partial charge in [0.05, 0.1) is 5.69 Å².